The van der Waals surface area contributed by atoms with Crippen LogP contribution < -0.4 is 10.0 Å². The molecule has 0 aliphatic carbocycles. The summed E-state index contributed by atoms with van der Waals surface area (Å²) in [5, 5.41) is 3.08. The van der Waals surface area contributed by atoms with Crippen LogP contribution in [-0.4, -0.2) is 51.0 Å². The fraction of sp³-hybridized carbons (Fsp3) is 0.267. The van der Waals surface area contributed by atoms with Gasteiger partial charge in [0.2, 0.25) is 10.0 Å². The highest BCUT2D eigenvalue weighted by Crippen LogP contribution is 2.41. The Hall–Kier alpha value is -4.25. The van der Waals surface area contributed by atoms with Gasteiger partial charge in [-0.1, -0.05) is 0 Å². The van der Waals surface area contributed by atoms with Gasteiger partial charge in [-0.05, 0) is 79.9 Å². The summed E-state index contributed by atoms with van der Waals surface area (Å²) in [6.45, 7) is 2.31. The quantitative estimate of drug-likeness (QED) is 0.299. The van der Waals surface area contributed by atoms with E-state index in [0.29, 0.717) is 53.7 Å². The highest BCUT2D eigenvalue weighted by molar-refractivity contribution is 7.92. The van der Waals surface area contributed by atoms with Crippen LogP contribution in [0.5, 0.6) is 0 Å². The summed E-state index contributed by atoms with van der Waals surface area (Å²) >= 11 is 0. The van der Waals surface area contributed by atoms with Crippen molar-refractivity contribution >= 4 is 38.5 Å². The fourth-order valence-electron chi connectivity index (χ4n) is 5.17. The molecular weight excluding hydrogens is 552 g/mol. The van der Waals surface area contributed by atoms with Crippen molar-refractivity contribution in [1.82, 2.24) is 10.2 Å². The van der Waals surface area contributed by atoms with Gasteiger partial charge >= 0.3 is 0 Å². The van der Waals surface area contributed by atoms with E-state index < -0.39 is 27.6 Å². The molecule has 1 aromatic heterocycles. The van der Waals surface area contributed by atoms with Crippen LogP contribution in [0.3, 0.4) is 0 Å². The maximum atomic E-state index is 13.6. The highest BCUT2D eigenvalue weighted by Gasteiger charge is 2.30. The molecule has 41 heavy (non-hydrogen) atoms. The number of fused-ring (bicyclic) bond motifs is 1. The van der Waals surface area contributed by atoms with Gasteiger partial charge in [0.05, 0.1) is 17.0 Å². The smallest absolute Gasteiger partial charge is 0.255 e. The van der Waals surface area contributed by atoms with Crippen LogP contribution in [0.2, 0.25) is 0 Å². The van der Waals surface area contributed by atoms with E-state index in [-0.39, 0.29) is 34.5 Å². The molecule has 11 heteroatoms. The number of rotatable bonds is 7. The number of amides is 2. The number of likely N-dealkylation sites (tertiary alicyclic amines) is 1. The molecule has 1 saturated heterocycles. The molecule has 8 nitrogen and oxygen atoms in total. The van der Waals surface area contributed by atoms with Gasteiger partial charge in [-0.15, -0.1) is 0 Å². The van der Waals surface area contributed by atoms with Gasteiger partial charge in [0.25, 0.3) is 11.8 Å². The molecule has 1 aliphatic rings. The van der Waals surface area contributed by atoms with Crippen molar-refractivity contribution < 1.29 is 31.2 Å². The lowest BCUT2D eigenvalue weighted by Gasteiger charge is -2.34. The molecule has 5 rings (SSSR count). The summed E-state index contributed by atoms with van der Waals surface area (Å²) in [6.07, 6.45) is 1.32. The lowest BCUT2D eigenvalue weighted by molar-refractivity contribution is 0.0707. The van der Waals surface area contributed by atoms with Crippen LogP contribution in [0.4, 0.5) is 14.5 Å². The SMILES string of the molecule is CCS(=O)(=O)Nc1cc2oc(-c3ccc(F)cc3)c(C(=O)NC)c2cc1[C@@H]1CCCN(C(=O)c2ccc(F)cc2)C1. The molecule has 1 fully saturated rings. The summed E-state index contributed by atoms with van der Waals surface area (Å²) < 4.78 is 61.1. The number of furan rings is 1. The summed E-state index contributed by atoms with van der Waals surface area (Å²) in [4.78, 5) is 28.0. The van der Waals surface area contributed by atoms with Crippen LogP contribution >= 0.6 is 0 Å². The minimum Gasteiger partial charge on any atom is -0.455 e. The Kier molecular flexibility index (Phi) is 7.81. The minimum absolute atomic E-state index is 0.160. The first kappa shape index (κ1) is 28.3. The molecule has 2 N–H and O–H groups in total. The van der Waals surface area contributed by atoms with E-state index in [1.165, 1.54) is 62.5 Å². The van der Waals surface area contributed by atoms with Crippen molar-refractivity contribution in [2.45, 2.75) is 25.7 Å². The van der Waals surface area contributed by atoms with E-state index in [9.17, 15) is 26.8 Å². The van der Waals surface area contributed by atoms with Gasteiger partial charge in [0.15, 0.2) is 0 Å². The van der Waals surface area contributed by atoms with Gasteiger partial charge in [-0.2, -0.15) is 0 Å². The van der Waals surface area contributed by atoms with Crippen LogP contribution in [0.1, 0.15) is 52.0 Å². The number of halogens is 2. The number of nitrogens with zero attached hydrogens (tertiary/aromatic N) is 1. The van der Waals surface area contributed by atoms with Crippen molar-refractivity contribution in [2.24, 2.45) is 0 Å². The Labute approximate surface area is 236 Å². The summed E-state index contributed by atoms with van der Waals surface area (Å²) in [7, 11) is -2.20. The van der Waals surface area contributed by atoms with Crippen molar-refractivity contribution in [3.63, 3.8) is 0 Å². The molecule has 0 saturated carbocycles. The van der Waals surface area contributed by atoms with E-state index in [2.05, 4.69) is 10.0 Å². The highest BCUT2D eigenvalue weighted by atomic mass is 32.2. The number of anilines is 1. The molecule has 3 aromatic carbocycles. The predicted octanol–water partition coefficient (Wildman–Crippen LogP) is 5.52. The zero-order chi connectivity index (χ0) is 29.3. The number of carbonyl (C=O) groups excluding carboxylic acids is 2. The summed E-state index contributed by atoms with van der Waals surface area (Å²) in [6, 6.07) is 14.2. The molecule has 4 aromatic rings. The van der Waals surface area contributed by atoms with Crippen molar-refractivity contribution in [1.29, 1.82) is 0 Å². The number of nitrogens with one attached hydrogen (secondary N) is 2. The number of hydrogen-bond donors (Lipinski definition) is 2. The standard InChI is InChI=1S/C30H29F2N3O5S/c1-3-41(38,39)34-25-16-26-24(27(29(36)33-2)28(40-26)18-6-10-21(31)11-7-18)15-23(25)20-5-4-14-35(17-20)30(37)19-8-12-22(32)13-9-19/h6-13,15-16,20,34H,3-5,14,17H2,1-2H3,(H,33,36)/t20-/m1/s1. The van der Waals surface area contributed by atoms with Gasteiger partial charge in [0, 0.05) is 48.6 Å². The molecule has 2 amide bonds. The first-order chi connectivity index (χ1) is 19.6. The second-order valence-electron chi connectivity index (χ2n) is 9.93. The molecule has 1 aliphatic heterocycles. The van der Waals surface area contributed by atoms with E-state index in [0.717, 1.165) is 0 Å². The molecular formula is C30H29F2N3O5S. The molecule has 214 valence electrons. The average molecular weight is 582 g/mol. The topological polar surface area (TPSA) is 109 Å². The number of benzene rings is 3. The average Bonchev–Trinajstić information content (AvgIpc) is 3.35. The Morgan fingerprint density at radius 2 is 1.68 bits per heavy atom. The number of hydrogen-bond acceptors (Lipinski definition) is 5. The number of piperidine rings is 1. The van der Waals surface area contributed by atoms with Crippen molar-refractivity contribution in [3.8, 4) is 11.3 Å². The Balaban J connectivity index is 1.63. The second-order valence-corrected chi connectivity index (χ2v) is 11.9. The lowest BCUT2D eigenvalue weighted by Crippen LogP contribution is -2.39. The third kappa shape index (κ3) is 5.81. The van der Waals surface area contributed by atoms with Crippen LogP contribution in [0, 0.1) is 11.6 Å². The largest absolute Gasteiger partial charge is 0.455 e. The normalized spacial score (nSPS) is 15.6. The fourth-order valence-corrected chi connectivity index (χ4v) is 5.83. The maximum absolute atomic E-state index is 13.6. The molecule has 1 atom stereocenters. The van der Waals surface area contributed by atoms with Crippen LogP contribution in [0.15, 0.2) is 65.1 Å². The van der Waals surface area contributed by atoms with Crippen LogP contribution in [0.25, 0.3) is 22.3 Å². The third-order valence-electron chi connectivity index (χ3n) is 7.31. The van der Waals surface area contributed by atoms with E-state index in [1.54, 1.807) is 17.0 Å². The molecule has 0 spiro atoms. The maximum Gasteiger partial charge on any atom is 0.255 e. The second kappa shape index (κ2) is 11.3. The van der Waals surface area contributed by atoms with E-state index in [4.69, 9.17) is 4.42 Å². The van der Waals surface area contributed by atoms with Crippen molar-refractivity contribution in [2.75, 3.05) is 30.6 Å². The number of sulfonamides is 1. The van der Waals surface area contributed by atoms with Gasteiger partial charge < -0.3 is 14.6 Å². The molecule has 0 radical (unpaired) electrons. The summed E-state index contributed by atoms with van der Waals surface area (Å²) in [5.74, 6) is -1.76. The van der Waals surface area contributed by atoms with Crippen molar-refractivity contribution in [3.05, 3.63) is 89.0 Å². The third-order valence-corrected chi connectivity index (χ3v) is 8.60. The van der Waals surface area contributed by atoms with E-state index >= 15 is 0 Å². The predicted molar refractivity (Wildman–Crippen MR) is 152 cm³/mol. The number of carbonyl (C=O) groups is 2. The Morgan fingerprint density at radius 1 is 1.02 bits per heavy atom. The lowest BCUT2D eigenvalue weighted by atomic mass is 9.88. The Morgan fingerprint density at radius 3 is 2.32 bits per heavy atom. The molecule has 0 bridgehead atoms. The van der Waals surface area contributed by atoms with Gasteiger partial charge in [-0.25, -0.2) is 17.2 Å². The van der Waals surface area contributed by atoms with Gasteiger partial charge in [0.1, 0.15) is 23.0 Å². The molecule has 2 heterocycles. The zero-order valence-electron chi connectivity index (χ0n) is 22.5. The van der Waals surface area contributed by atoms with Gasteiger partial charge in [-0.3, -0.25) is 14.3 Å². The van der Waals surface area contributed by atoms with Crippen LogP contribution in [-0.2, 0) is 10.0 Å². The monoisotopic (exact) mass is 581 g/mol. The zero-order valence-corrected chi connectivity index (χ0v) is 23.4. The Bertz CT molecular complexity index is 1720. The first-order valence-corrected chi connectivity index (χ1v) is 14.9. The van der Waals surface area contributed by atoms with E-state index in [1.807, 2.05) is 0 Å². The summed E-state index contributed by atoms with van der Waals surface area (Å²) in [5.41, 5.74) is 2.25. The molecule has 0 unspecified atom stereocenters. The first-order valence-electron chi connectivity index (χ1n) is 13.2. The minimum atomic E-state index is -3.69.